The zero-order chi connectivity index (χ0) is 11.3. The molecule has 1 aromatic heterocycles. The van der Waals surface area contributed by atoms with Gasteiger partial charge < -0.3 is 19.8 Å². The monoisotopic (exact) mass is 325 g/mol. The van der Waals surface area contributed by atoms with E-state index in [2.05, 4.69) is 15.3 Å². The molecular weight excluding hydrogens is 313 g/mol. The van der Waals surface area contributed by atoms with Crippen LogP contribution in [0.1, 0.15) is 0 Å². The number of hydrogen-bond acceptors (Lipinski definition) is 5. The maximum Gasteiger partial charge on any atom is 0.266 e. The molecule has 15 heavy (non-hydrogen) atoms. The smallest absolute Gasteiger partial charge is 0.266 e. The first-order valence-electron chi connectivity index (χ1n) is 4.21. The van der Waals surface area contributed by atoms with Gasteiger partial charge in [0.25, 0.3) is 5.56 Å². The number of halogens is 1. The molecule has 0 aliphatic carbocycles. The van der Waals surface area contributed by atoms with Crippen LogP contribution in [-0.4, -0.2) is 37.0 Å². The van der Waals surface area contributed by atoms with Gasteiger partial charge in [-0.3, -0.25) is 4.79 Å². The van der Waals surface area contributed by atoms with Gasteiger partial charge in [-0.2, -0.15) is 0 Å². The minimum absolute atomic E-state index is 0.167. The highest BCUT2D eigenvalue weighted by molar-refractivity contribution is 14.1. The summed E-state index contributed by atoms with van der Waals surface area (Å²) >= 11 is 1.93. The standard InChI is InChI=1S/C8H12IN3O3/c1-14-5(15-2)3-10-7-6(9)8(13)12-4-11-7/h4-5H,3H2,1-2H3,(H2,10,11,12,13). The van der Waals surface area contributed by atoms with E-state index >= 15 is 0 Å². The van der Waals surface area contributed by atoms with E-state index in [4.69, 9.17) is 9.47 Å². The second kappa shape index (κ2) is 6.03. The molecule has 0 aliphatic heterocycles. The number of methoxy groups -OCH3 is 2. The number of nitrogens with zero attached hydrogens (tertiary/aromatic N) is 1. The molecule has 0 spiro atoms. The summed E-state index contributed by atoms with van der Waals surface area (Å²) in [5.74, 6) is 0.526. The Morgan fingerprint density at radius 1 is 1.60 bits per heavy atom. The van der Waals surface area contributed by atoms with E-state index in [1.54, 1.807) is 14.2 Å². The molecule has 0 aromatic carbocycles. The summed E-state index contributed by atoms with van der Waals surface area (Å²) in [6, 6.07) is 0. The Morgan fingerprint density at radius 2 is 2.27 bits per heavy atom. The number of nitrogens with one attached hydrogen (secondary N) is 2. The maximum absolute atomic E-state index is 11.2. The number of H-pyrrole nitrogens is 1. The molecule has 7 heteroatoms. The van der Waals surface area contributed by atoms with Crippen molar-refractivity contribution in [1.29, 1.82) is 0 Å². The molecule has 0 bridgehead atoms. The normalized spacial score (nSPS) is 10.7. The van der Waals surface area contributed by atoms with Crippen LogP contribution < -0.4 is 10.9 Å². The first kappa shape index (κ1) is 12.4. The Labute approximate surface area is 101 Å². The highest BCUT2D eigenvalue weighted by Crippen LogP contribution is 2.08. The predicted molar refractivity (Wildman–Crippen MR) is 63.9 cm³/mol. The maximum atomic E-state index is 11.2. The molecule has 2 N–H and O–H groups in total. The molecular formula is C8H12IN3O3. The van der Waals surface area contributed by atoms with Gasteiger partial charge in [-0.25, -0.2) is 4.98 Å². The van der Waals surface area contributed by atoms with E-state index < -0.39 is 0 Å². The van der Waals surface area contributed by atoms with Crippen molar-refractivity contribution >= 4 is 28.4 Å². The molecule has 0 fully saturated rings. The van der Waals surface area contributed by atoms with Crippen molar-refractivity contribution in [3.05, 3.63) is 20.3 Å². The molecule has 0 unspecified atom stereocenters. The zero-order valence-corrected chi connectivity index (χ0v) is 10.6. The molecule has 0 amide bonds. The number of hydrogen-bond donors (Lipinski definition) is 2. The minimum Gasteiger partial charge on any atom is -0.364 e. The third kappa shape index (κ3) is 3.43. The van der Waals surface area contributed by atoms with Crippen LogP contribution in [-0.2, 0) is 9.47 Å². The van der Waals surface area contributed by atoms with Crippen LogP contribution in [0.4, 0.5) is 5.82 Å². The molecule has 0 atom stereocenters. The van der Waals surface area contributed by atoms with Crippen molar-refractivity contribution < 1.29 is 9.47 Å². The Morgan fingerprint density at radius 3 is 2.87 bits per heavy atom. The van der Waals surface area contributed by atoms with Crippen molar-refractivity contribution in [3.63, 3.8) is 0 Å². The van der Waals surface area contributed by atoms with Crippen molar-refractivity contribution in [2.75, 3.05) is 26.1 Å². The summed E-state index contributed by atoms with van der Waals surface area (Å²) in [5, 5.41) is 2.97. The lowest BCUT2D eigenvalue weighted by Crippen LogP contribution is -2.25. The van der Waals surface area contributed by atoms with Gasteiger partial charge in [-0.15, -0.1) is 0 Å². The van der Waals surface area contributed by atoms with Crippen LogP contribution in [0.5, 0.6) is 0 Å². The third-order valence-corrected chi connectivity index (χ3v) is 2.76. The molecule has 84 valence electrons. The number of aromatic nitrogens is 2. The Hall–Kier alpha value is -0.670. The van der Waals surface area contributed by atoms with Gasteiger partial charge in [-0.05, 0) is 22.6 Å². The molecule has 0 saturated heterocycles. The molecule has 0 radical (unpaired) electrons. The van der Waals surface area contributed by atoms with Crippen molar-refractivity contribution in [3.8, 4) is 0 Å². The number of aromatic amines is 1. The summed E-state index contributed by atoms with van der Waals surface area (Å²) in [6.45, 7) is 0.430. The van der Waals surface area contributed by atoms with Crippen LogP contribution in [0.2, 0.25) is 0 Å². The summed E-state index contributed by atoms with van der Waals surface area (Å²) in [6.07, 6.45) is 0.989. The van der Waals surface area contributed by atoms with Gasteiger partial charge in [0.1, 0.15) is 9.39 Å². The van der Waals surface area contributed by atoms with Gasteiger partial charge >= 0.3 is 0 Å². The Balaban J connectivity index is 2.65. The average Bonchev–Trinajstić information content (AvgIpc) is 2.25. The lowest BCUT2D eigenvalue weighted by Gasteiger charge is -2.14. The second-order valence-corrected chi connectivity index (χ2v) is 3.75. The first-order chi connectivity index (χ1) is 7.19. The first-order valence-corrected chi connectivity index (χ1v) is 5.29. The van der Waals surface area contributed by atoms with Gasteiger partial charge in [0.2, 0.25) is 0 Å². The minimum atomic E-state index is -0.359. The quantitative estimate of drug-likeness (QED) is 0.606. The molecule has 1 aromatic rings. The number of rotatable bonds is 5. The summed E-state index contributed by atoms with van der Waals surface area (Å²) < 4.78 is 10.5. The molecule has 1 rings (SSSR count). The topological polar surface area (TPSA) is 76.2 Å². The van der Waals surface area contributed by atoms with Gasteiger partial charge in [0, 0.05) is 14.2 Å². The van der Waals surface area contributed by atoms with Crippen LogP contribution in [0.15, 0.2) is 11.1 Å². The predicted octanol–water partition coefficient (Wildman–Crippen LogP) is 0.405. The van der Waals surface area contributed by atoms with E-state index in [1.165, 1.54) is 6.33 Å². The summed E-state index contributed by atoms with van der Waals surface area (Å²) in [5.41, 5.74) is -0.167. The Kier molecular flexibility index (Phi) is 4.99. The largest absolute Gasteiger partial charge is 0.364 e. The number of anilines is 1. The van der Waals surface area contributed by atoms with Gasteiger partial charge in [0.05, 0.1) is 12.9 Å². The molecule has 1 heterocycles. The van der Waals surface area contributed by atoms with E-state index in [-0.39, 0.29) is 11.8 Å². The zero-order valence-electron chi connectivity index (χ0n) is 8.41. The van der Waals surface area contributed by atoms with Crippen LogP contribution in [0.3, 0.4) is 0 Å². The van der Waals surface area contributed by atoms with E-state index in [0.29, 0.717) is 15.9 Å². The fraction of sp³-hybridized carbons (Fsp3) is 0.500. The van der Waals surface area contributed by atoms with Crippen LogP contribution in [0, 0.1) is 3.57 Å². The van der Waals surface area contributed by atoms with Crippen molar-refractivity contribution in [2.24, 2.45) is 0 Å². The summed E-state index contributed by atoms with van der Waals surface area (Å²) in [4.78, 5) is 17.7. The second-order valence-electron chi connectivity index (χ2n) is 2.68. The fourth-order valence-corrected chi connectivity index (χ4v) is 1.43. The van der Waals surface area contributed by atoms with Crippen molar-refractivity contribution in [1.82, 2.24) is 9.97 Å². The Bertz CT molecular complexity index is 364. The fourth-order valence-electron chi connectivity index (χ4n) is 0.949. The third-order valence-electron chi connectivity index (χ3n) is 1.76. The van der Waals surface area contributed by atoms with E-state index in [0.717, 1.165) is 0 Å². The summed E-state index contributed by atoms with van der Waals surface area (Å²) in [7, 11) is 3.10. The van der Waals surface area contributed by atoms with Crippen LogP contribution >= 0.6 is 22.6 Å². The molecule has 0 aliphatic rings. The lowest BCUT2D eigenvalue weighted by atomic mass is 10.5. The molecule has 6 nitrogen and oxygen atoms in total. The SMILES string of the molecule is COC(CNc1nc[nH]c(=O)c1I)OC. The number of ether oxygens (including phenoxy) is 2. The van der Waals surface area contributed by atoms with Gasteiger partial charge in [-0.1, -0.05) is 0 Å². The average molecular weight is 325 g/mol. The lowest BCUT2D eigenvalue weighted by molar-refractivity contribution is -0.0914. The highest BCUT2D eigenvalue weighted by atomic mass is 127. The van der Waals surface area contributed by atoms with Gasteiger partial charge in [0.15, 0.2) is 6.29 Å². The van der Waals surface area contributed by atoms with E-state index in [1.807, 2.05) is 22.6 Å². The highest BCUT2D eigenvalue weighted by Gasteiger charge is 2.08. The van der Waals surface area contributed by atoms with Crippen LogP contribution in [0.25, 0.3) is 0 Å². The molecule has 0 saturated carbocycles. The van der Waals surface area contributed by atoms with Crippen molar-refractivity contribution in [2.45, 2.75) is 6.29 Å². The van der Waals surface area contributed by atoms with E-state index in [9.17, 15) is 4.79 Å².